The molecule has 3 aliphatic heterocycles. The molecular weight excluding hydrogens is 636 g/mol. The van der Waals surface area contributed by atoms with E-state index in [-0.39, 0.29) is 28.4 Å². The molecule has 10 unspecified atom stereocenters. The van der Waals surface area contributed by atoms with Gasteiger partial charge < -0.3 is 79.5 Å². The molecule has 18 heteroatoms. The van der Waals surface area contributed by atoms with Crippen LogP contribution in [0.25, 0.3) is 6.08 Å². The molecular formula is C29H33O18+. The summed E-state index contributed by atoms with van der Waals surface area (Å²) in [5.74, 6) is -4.43. The van der Waals surface area contributed by atoms with Gasteiger partial charge in [0.15, 0.2) is 29.7 Å². The molecule has 10 atom stereocenters. The number of aliphatic carboxylic acids is 1. The summed E-state index contributed by atoms with van der Waals surface area (Å²) in [5.41, 5.74) is 0.282. The monoisotopic (exact) mass is 669 g/mol. The van der Waals surface area contributed by atoms with Crippen LogP contribution in [0.4, 0.5) is 0 Å². The Bertz CT molecular complexity index is 1510. The van der Waals surface area contributed by atoms with Crippen molar-refractivity contribution in [2.45, 2.75) is 67.8 Å². The minimum Gasteiger partial charge on any atom is -0.571 e. The molecule has 0 saturated carbocycles. The van der Waals surface area contributed by atoms with E-state index in [4.69, 9.17) is 28.8 Å². The van der Waals surface area contributed by atoms with E-state index in [9.17, 15) is 55.5 Å². The number of carbonyl (C=O) groups is 2. The Morgan fingerprint density at radius 2 is 1.62 bits per heavy atom. The van der Waals surface area contributed by atoms with Crippen molar-refractivity contribution in [2.75, 3.05) is 13.2 Å². The fourth-order valence-corrected chi connectivity index (χ4v) is 5.16. The van der Waals surface area contributed by atoms with Gasteiger partial charge in [-0.15, -0.1) is 0 Å². The molecule has 2 fully saturated rings. The van der Waals surface area contributed by atoms with Crippen LogP contribution in [-0.4, -0.2) is 136 Å². The normalized spacial score (nSPS) is 32.0. The van der Waals surface area contributed by atoms with Gasteiger partial charge in [-0.1, -0.05) is 0 Å². The summed E-state index contributed by atoms with van der Waals surface area (Å²) < 4.78 is 32.3. The fourth-order valence-electron chi connectivity index (χ4n) is 5.16. The second-order valence-electron chi connectivity index (χ2n) is 11.0. The van der Waals surface area contributed by atoms with Gasteiger partial charge in [0.25, 0.3) is 11.9 Å². The number of fused-ring (bicyclic) bond motifs is 1. The van der Waals surface area contributed by atoms with Gasteiger partial charge in [0.1, 0.15) is 66.7 Å². The number of rotatable bonds is 9. The molecule has 0 spiro atoms. The van der Waals surface area contributed by atoms with Crippen LogP contribution >= 0.6 is 0 Å². The van der Waals surface area contributed by atoms with Crippen molar-refractivity contribution >= 4 is 18.0 Å². The van der Waals surface area contributed by atoms with Crippen LogP contribution in [0.3, 0.4) is 0 Å². The number of phenols is 4. The molecule has 0 radical (unpaired) electrons. The quantitative estimate of drug-likeness (QED) is 0.0606. The average molecular weight is 670 g/mol. The lowest BCUT2D eigenvalue weighted by Crippen LogP contribution is -2.63. The molecule has 3 heterocycles. The van der Waals surface area contributed by atoms with E-state index < -0.39 is 110 Å². The summed E-state index contributed by atoms with van der Waals surface area (Å²) in [4.78, 5) is 22.7. The summed E-state index contributed by atoms with van der Waals surface area (Å²) in [6.45, 7) is -1.24. The predicted molar refractivity (Wildman–Crippen MR) is 150 cm³/mol. The summed E-state index contributed by atoms with van der Waals surface area (Å²) in [6.07, 6.45) is -16.5. The predicted octanol–water partition coefficient (Wildman–Crippen LogP) is -1.85. The van der Waals surface area contributed by atoms with E-state index in [1.807, 2.05) is 0 Å². The summed E-state index contributed by atoms with van der Waals surface area (Å²) >= 11 is 0. The van der Waals surface area contributed by atoms with E-state index in [0.29, 0.717) is 0 Å². The Kier molecular flexibility index (Phi) is 9.94. The number of benzene rings is 2. The molecule has 0 aromatic heterocycles. The number of carboxylic acids is 1. The van der Waals surface area contributed by atoms with Crippen LogP contribution in [0.5, 0.6) is 28.7 Å². The number of carboxylic acid groups (broad SMARTS) is 1. The highest BCUT2D eigenvalue weighted by atomic mass is 16.8. The molecule has 3 aliphatic rings. The topological polar surface area (TPSA) is 295 Å². The summed E-state index contributed by atoms with van der Waals surface area (Å²) in [6, 6.07) is 5.97. The van der Waals surface area contributed by atoms with Crippen LogP contribution in [0.1, 0.15) is 23.7 Å². The van der Waals surface area contributed by atoms with Gasteiger partial charge >= 0.3 is 11.9 Å². The standard InChI is InChI=1S/C29H32O18/c30-11-4-14(32)12-6-18(26(44-17(12)5-11)10-1-2-13(31)15(33)3-10)45-29-27(47-28-25(41)22(38)16(34)8-43-28)24(40)23(39)19(46-29)9-42-21(37)7-20(35)36/h1-6,16,19,22-34,38-41H,7-9H2,(H,35,36)/p+1. The zero-order valence-electron chi connectivity index (χ0n) is 24.1. The van der Waals surface area contributed by atoms with E-state index >= 15 is 0 Å². The lowest BCUT2D eigenvalue weighted by Gasteiger charge is -2.45. The van der Waals surface area contributed by atoms with Crippen molar-refractivity contribution < 1.29 is 89.1 Å². The van der Waals surface area contributed by atoms with Crippen molar-refractivity contribution in [3.63, 3.8) is 0 Å². The molecule has 256 valence electrons. The lowest BCUT2D eigenvalue weighted by atomic mass is 9.97. The minimum atomic E-state index is -1.94. The maximum atomic E-state index is 11.9. The third-order valence-corrected chi connectivity index (χ3v) is 7.61. The number of esters is 1. The van der Waals surface area contributed by atoms with Crippen molar-refractivity contribution in [1.82, 2.24) is 0 Å². The molecule has 0 bridgehead atoms. The number of hydrogen-bond acceptors (Lipinski definition) is 16. The van der Waals surface area contributed by atoms with Crippen molar-refractivity contribution in [1.29, 1.82) is 0 Å². The zero-order chi connectivity index (χ0) is 34.2. The number of ether oxygens (including phenoxy) is 6. The van der Waals surface area contributed by atoms with E-state index in [1.165, 1.54) is 24.3 Å². The number of aliphatic hydroxyl groups excluding tert-OH is 5. The molecule has 2 aromatic rings. The van der Waals surface area contributed by atoms with Gasteiger partial charge in [-0.05, 0) is 18.2 Å². The van der Waals surface area contributed by atoms with Gasteiger partial charge in [-0.2, -0.15) is 0 Å². The second-order valence-corrected chi connectivity index (χ2v) is 11.0. The number of hydrogen-bond donors (Lipinski definition) is 10. The second kappa shape index (κ2) is 13.8. The first-order valence-corrected chi connectivity index (χ1v) is 14.1. The van der Waals surface area contributed by atoms with Gasteiger partial charge in [0, 0.05) is 12.1 Å². The average Bonchev–Trinajstić information content (AvgIpc) is 3.01. The van der Waals surface area contributed by atoms with Gasteiger partial charge in [-0.25, -0.2) is 0 Å². The maximum absolute atomic E-state index is 11.9. The van der Waals surface area contributed by atoms with Crippen LogP contribution in [-0.2, 0) is 33.3 Å². The Morgan fingerprint density at radius 3 is 2.32 bits per heavy atom. The fraction of sp³-hybridized carbons (Fsp3) is 0.448. The Morgan fingerprint density at radius 1 is 0.872 bits per heavy atom. The molecule has 0 amide bonds. The van der Waals surface area contributed by atoms with E-state index in [1.54, 1.807) is 0 Å². The van der Waals surface area contributed by atoms with Crippen molar-refractivity contribution in [3.05, 3.63) is 47.2 Å². The van der Waals surface area contributed by atoms with Crippen molar-refractivity contribution in [2.24, 2.45) is 0 Å². The molecule has 5 rings (SSSR count). The smallest absolute Gasteiger partial charge is 0.317 e. The van der Waals surface area contributed by atoms with Crippen molar-refractivity contribution in [3.8, 4) is 28.7 Å². The number of phenolic OH excluding ortho intramolecular Hbond substituents is 4. The first-order valence-electron chi connectivity index (χ1n) is 14.1. The molecule has 11 N–H and O–H groups in total. The third kappa shape index (κ3) is 7.29. The minimum absolute atomic E-state index is 0.0632. The maximum Gasteiger partial charge on any atom is 0.317 e. The molecule has 2 aromatic carbocycles. The molecule has 2 saturated heterocycles. The van der Waals surface area contributed by atoms with Crippen LogP contribution < -0.4 is 0 Å². The van der Waals surface area contributed by atoms with E-state index in [0.717, 1.165) is 12.1 Å². The van der Waals surface area contributed by atoms with E-state index in [2.05, 4.69) is 4.74 Å². The highest BCUT2D eigenvalue weighted by Gasteiger charge is 2.51. The summed E-state index contributed by atoms with van der Waals surface area (Å²) in [7, 11) is 0. The lowest BCUT2D eigenvalue weighted by molar-refractivity contribution is -0.353. The third-order valence-electron chi connectivity index (χ3n) is 7.61. The Labute approximate surface area is 264 Å². The van der Waals surface area contributed by atoms with Crippen LogP contribution in [0.15, 0.2) is 36.1 Å². The molecule has 0 aliphatic carbocycles. The number of aromatic hydroxyl groups is 5. The van der Waals surface area contributed by atoms with Crippen LogP contribution in [0, 0.1) is 0 Å². The highest BCUT2D eigenvalue weighted by Crippen LogP contribution is 2.46. The van der Waals surface area contributed by atoms with Crippen LogP contribution in [0.2, 0.25) is 0 Å². The SMILES string of the molecule is O=C(O)CC(=O)OCC1OC(OC2=Cc3c(O)cc(O)cc3[OH+]C2c2ccc(O)c(O)c2)C(OC2OCC(O)C(O)C2O)C(O)C1O. The number of carbonyl (C=O) groups excluding carboxylic acids is 1. The highest BCUT2D eigenvalue weighted by molar-refractivity contribution is 5.90. The Hall–Kier alpha value is -4.40. The zero-order valence-corrected chi connectivity index (χ0v) is 24.1. The van der Waals surface area contributed by atoms with Gasteiger partial charge in [0.05, 0.1) is 18.2 Å². The summed E-state index contributed by atoms with van der Waals surface area (Å²) in [5, 5.41) is 102. The largest absolute Gasteiger partial charge is 0.571 e. The van der Waals surface area contributed by atoms with Gasteiger partial charge in [-0.3, -0.25) is 9.59 Å². The molecule has 18 nitrogen and oxygen atoms in total. The number of aliphatic hydroxyl groups is 6. The molecule has 47 heavy (non-hydrogen) atoms. The van der Waals surface area contributed by atoms with Gasteiger partial charge in [0.2, 0.25) is 6.29 Å². The Balaban J connectivity index is 1.50. The first-order chi connectivity index (χ1) is 22.2. The first kappa shape index (κ1) is 33.9.